The van der Waals surface area contributed by atoms with Crippen molar-refractivity contribution in [2.75, 3.05) is 0 Å². The van der Waals surface area contributed by atoms with E-state index in [0.717, 1.165) is 17.7 Å². The first kappa shape index (κ1) is 10.8. The maximum absolute atomic E-state index is 12.7. The van der Waals surface area contributed by atoms with Gasteiger partial charge in [-0.05, 0) is 43.2 Å². The normalized spacial score (nSPS) is 12.7. The third-order valence-electron chi connectivity index (χ3n) is 2.28. The second-order valence-corrected chi connectivity index (χ2v) is 3.95. The van der Waals surface area contributed by atoms with E-state index in [0.29, 0.717) is 0 Å². The van der Waals surface area contributed by atoms with Crippen LogP contribution in [0.15, 0.2) is 36.7 Å². The Balaban J connectivity index is 2.21. The van der Waals surface area contributed by atoms with Gasteiger partial charge in [-0.15, -0.1) is 0 Å². The summed E-state index contributed by atoms with van der Waals surface area (Å²) in [6, 6.07) is 6.34. The molecule has 1 heterocycles. The van der Waals surface area contributed by atoms with Crippen molar-refractivity contribution in [2.24, 2.45) is 5.73 Å². The molecule has 0 aliphatic carbocycles. The van der Waals surface area contributed by atoms with E-state index >= 15 is 0 Å². The Kier molecular flexibility index (Phi) is 3.01. The fraction of sp³-hybridized carbons (Fsp3) is 0.250. The van der Waals surface area contributed by atoms with Crippen LogP contribution in [0.1, 0.15) is 12.5 Å². The average molecular weight is 219 g/mol. The number of rotatable bonds is 3. The maximum Gasteiger partial charge on any atom is 0.123 e. The summed E-state index contributed by atoms with van der Waals surface area (Å²) >= 11 is 0. The summed E-state index contributed by atoms with van der Waals surface area (Å²) in [5, 5.41) is 4.21. The molecule has 0 aliphatic heterocycles. The van der Waals surface area contributed by atoms with E-state index in [1.165, 1.54) is 12.1 Å². The standard InChI is InChI=1S/C12H14FN3/c1-9(14)6-10-7-15-16(8-10)12-4-2-11(13)3-5-12/h2-5,7-9H,6,14H2,1H3. The molecule has 0 amide bonds. The number of aromatic nitrogens is 2. The topological polar surface area (TPSA) is 43.8 Å². The van der Waals surface area contributed by atoms with E-state index in [9.17, 15) is 4.39 Å². The van der Waals surface area contributed by atoms with Crippen LogP contribution in [-0.4, -0.2) is 15.8 Å². The second-order valence-electron chi connectivity index (χ2n) is 3.95. The molecule has 0 fully saturated rings. The third-order valence-corrected chi connectivity index (χ3v) is 2.28. The van der Waals surface area contributed by atoms with Crippen molar-refractivity contribution < 1.29 is 4.39 Å². The summed E-state index contributed by atoms with van der Waals surface area (Å²) in [6.45, 7) is 1.95. The van der Waals surface area contributed by atoms with Gasteiger partial charge < -0.3 is 5.73 Å². The Hall–Kier alpha value is -1.68. The van der Waals surface area contributed by atoms with Crippen molar-refractivity contribution in [1.29, 1.82) is 0 Å². The first-order chi connectivity index (χ1) is 7.65. The molecule has 1 aromatic heterocycles. The Morgan fingerprint density at radius 3 is 2.69 bits per heavy atom. The highest BCUT2D eigenvalue weighted by Crippen LogP contribution is 2.10. The van der Waals surface area contributed by atoms with Crippen LogP contribution in [0.25, 0.3) is 5.69 Å². The largest absolute Gasteiger partial charge is 0.328 e. The van der Waals surface area contributed by atoms with E-state index in [1.807, 2.05) is 13.1 Å². The minimum atomic E-state index is -0.244. The lowest BCUT2D eigenvalue weighted by molar-refractivity contribution is 0.627. The molecule has 0 bridgehead atoms. The molecule has 0 radical (unpaired) electrons. The van der Waals surface area contributed by atoms with Crippen LogP contribution in [0.2, 0.25) is 0 Å². The molecule has 3 nitrogen and oxygen atoms in total. The second kappa shape index (κ2) is 4.45. The van der Waals surface area contributed by atoms with Gasteiger partial charge in [0.2, 0.25) is 0 Å². The van der Waals surface area contributed by atoms with E-state index in [2.05, 4.69) is 5.10 Å². The maximum atomic E-state index is 12.7. The minimum absolute atomic E-state index is 0.117. The van der Waals surface area contributed by atoms with Gasteiger partial charge in [-0.1, -0.05) is 0 Å². The predicted octanol–water partition coefficient (Wildman–Crippen LogP) is 1.90. The van der Waals surface area contributed by atoms with Gasteiger partial charge in [0.1, 0.15) is 5.82 Å². The van der Waals surface area contributed by atoms with E-state index < -0.39 is 0 Å². The van der Waals surface area contributed by atoms with Gasteiger partial charge in [0.15, 0.2) is 0 Å². The fourth-order valence-electron chi connectivity index (χ4n) is 1.57. The number of hydrogen-bond donors (Lipinski definition) is 1. The fourth-order valence-corrected chi connectivity index (χ4v) is 1.57. The average Bonchev–Trinajstić information content (AvgIpc) is 2.66. The van der Waals surface area contributed by atoms with Crippen LogP contribution in [0, 0.1) is 5.82 Å². The molecular weight excluding hydrogens is 205 g/mol. The number of benzene rings is 1. The lowest BCUT2D eigenvalue weighted by Crippen LogP contribution is -2.17. The molecule has 2 rings (SSSR count). The smallest absolute Gasteiger partial charge is 0.123 e. The third kappa shape index (κ3) is 2.46. The highest BCUT2D eigenvalue weighted by molar-refractivity contribution is 5.31. The molecule has 84 valence electrons. The van der Waals surface area contributed by atoms with E-state index in [4.69, 9.17) is 5.73 Å². The van der Waals surface area contributed by atoms with Gasteiger partial charge in [0.05, 0.1) is 11.9 Å². The SMILES string of the molecule is CC(N)Cc1cnn(-c2ccc(F)cc2)c1. The predicted molar refractivity (Wildman–Crippen MR) is 60.9 cm³/mol. The highest BCUT2D eigenvalue weighted by atomic mass is 19.1. The molecule has 0 saturated carbocycles. The molecule has 4 heteroatoms. The molecule has 1 atom stereocenters. The van der Waals surface area contributed by atoms with Crippen LogP contribution in [-0.2, 0) is 6.42 Å². The zero-order valence-electron chi connectivity index (χ0n) is 9.10. The summed E-state index contributed by atoms with van der Waals surface area (Å²) in [6.07, 6.45) is 4.49. The Labute approximate surface area is 93.7 Å². The summed E-state index contributed by atoms with van der Waals surface area (Å²) in [7, 11) is 0. The van der Waals surface area contributed by atoms with Crippen LogP contribution >= 0.6 is 0 Å². The van der Waals surface area contributed by atoms with Crippen LogP contribution in [0.5, 0.6) is 0 Å². The monoisotopic (exact) mass is 219 g/mol. The molecule has 2 N–H and O–H groups in total. The number of nitrogens with two attached hydrogens (primary N) is 1. The van der Waals surface area contributed by atoms with Crippen molar-refractivity contribution in [2.45, 2.75) is 19.4 Å². The minimum Gasteiger partial charge on any atom is -0.328 e. The van der Waals surface area contributed by atoms with Gasteiger partial charge in [0, 0.05) is 12.2 Å². The van der Waals surface area contributed by atoms with Crippen molar-refractivity contribution in [3.05, 3.63) is 48.0 Å². The lowest BCUT2D eigenvalue weighted by atomic mass is 10.1. The molecule has 0 spiro atoms. The number of halogens is 1. The van der Waals surface area contributed by atoms with Gasteiger partial charge in [-0.25, -0.2) is 9.07 Å². The number of nitrogens with zero attached hydrogens (tertiary/aromatic N) is 2. The zero-order valence-corrected chi connectivity index (χ0v) is 9.10. The van der Waals surface area contributed by atoms with Gasteiger partial charge in [-0.2, -0.15) is 5.10 Å². The Morgan fingerprint density at radius 2 is 2.06 bits per heavy atom. The van der Waals surface area contributed by atoms with Crippen molar-refractivity contribution in [3.63, 3.8) is 0 Å². The van der Waals surface area contributed by atoms with Gasteiger partial charge >= 0.3 is 0 Å². The van der Waals surface area contributed by atoms with Crippen LogP contribution in [0.4, 0.5) is 4.39 Å². The first-order valence-electron chi connectivity index (χ1n) is 5.20. The summed E-state index contributed by atoms with van der Waals surface area (Å²) in [5.74, 6) is -0.244. The Bertz CT molecular complexity index is 459. The van der Waals surface area contributed by atoms with Crippen LogP contribution < -0.4 is 5.73 Å². The summed E-state index contributed by atoms with van der Waals surface area (Å²) in [4.78, 5) is 0. The van der Waals surface area contributed by atoms with E-state index in [-0.39, 0.29) is 11.9 Å². The van der Waals surface area contributed by atoms with Crippen LogP contribution in [0.3, 0.4) is 0 Å². The highest BCUT2D eigenvalue weighted by Gasteiger charge is 2.03. The molecule has 1 aromatic carbocycles. The zero-order chi connectivity index (χ0) is 11.5. The Morgan fingerprint density at radius 1 is 1.38 bits per heavy atom. The molecule has 2 aromatic rings. The van der Waals surface area contributed by atoms with Crippen molar-refractivity contribution in [3.8, 4) is 5.69 Å². The van der Waals surface area contributed by atoms with E-state index in [1.54, 1.807) is 23.0 Å². The molecule has 16 heavy (non-hydrogen) atoms. The van der Waals surface area contributed by atoms with Crippen molar-refractivity contribution in [1.82, 2.24) is 9.78 Å². The molecular formula is C12H14FN3. The molecule has 0 saturated heterocycles. The molecule has 1 unspecified atom stereocenters. The van der Waals surface area contributed by atoms with Gasteiger partial charge in [0.25, 0.3) is 0 Å². The lowest BCUT2D eigenvalue weighted by Gasteiger charge is -2.01. The summed E-state index contributed by atoms with van der Waals surface area (Å²) in [5.41, 5.74) is 7.63. The first-order valence-corrected chi connectivity index (χ1v) is 5.20. The molecule has 0 aliphatic rings. The quantitative estimate of drug-likeness (QED) is 0.856. The van der Waals surface area contributed by atoms with Crippen molar-refractivity contribution >= 4 is 0 Å². The van der Waals surface area contributed by atoms with Gasteiger partial charge in [-0.3, -0.25) is 0 Å². The number of hydrogen-bond acceptors (Lipinski definition) is 2. The summed E-state index contributed by atoms with van der Waals surface area (Å²) < 4.78 is 14.5.